The average molecular weight is 217 g/mol. The van der Waals surface area contributed by atoms with Crippen LogP contribution in [0.1, 0.15) is 6.92 Å². The first kappa shape index (κ1) is 13.9. The minimum Gasteiger partial charge on any atom is -0.383 e. The van der Waals surface area contributed by atoms with E-state index in [0.29, 0.717) is 6.54 Å². The van der Waals surface area contributed by atoms with E-state index in [-0.39, 0.29) is 25.0 Å². The number of methoxy groups -OCH3 is 1. The average Bonchev–Trinajstić information content (AvgIpc) is 2.24. The number of ether oxygens (including phenoxy) is 1. The number of likely N-dealkylation sites (N-methyl/N-ethyl adjacent to an activating group) is 1. The number of hydrogen-bond acceptors (Lipinski definition) is 4. The summed E-state index contributed by atoms with van der Waals surface area (Å²) in [6.07, 6.45) is 0. The van der Waals surface area contributed by atoms with Gasteiger partial charge in [-0.3, -0.25) is 9.59 Å². The van der Waals surface area contributed by atoms with Crippen molar-refractivity contribution in [3.05, 3.63) is 0 Å². The van der Waals surface area contributed by atoms with Crippen molar-refractivity contribution < 1.29 is 14.3 Å². The fraction of sp³-hybridized carbons (Fsp3) is 0.778. The van der Waals surface area contributed by atoms with Gasteiger partial charge in [-0.05, 0) is 6.92 Å². The number of carbonyl (C=O) groups excluding carboxylic acids is 2. The molecule has 0 saturated heterocycles. The molecule has 2 amide bonds. The monoisotopic (exact) mass is 217 g/mol. The summed E-state index contributed by atoms with van der Waals surface area (Å²) in [5.41, 5.74) is 5.46. The molecule has 1 unspecified atom stereocenters. The lowest BCUT2D eigenvalue weighted by Crippen LogP contribution is -2.47. The van der Waals surface area contributed by atoms with E-state index in [1.807, 2.05) is 6.92 Å². The smallest absolute Gasteiger partial charge is 0.241 e. The molecule has 1 atom stereocenters. The van der Waals surface area contributed by atoms with Gasteiger partial charge in [-0.15, -0.1) is 0 Å². The number of amides is 2. The van der Waals surface area contributed by atoms with Crippen LogP contribution in [-0.4, -0.2) is 56.6 Å². The number of rotatable bonds is 6. The van der Waals surface area contributed by atoms with Gasteiger partial charge in [0.25, 0.3) is 0 Å². The van der Waals surface area contributed by atoms with Crippen LogP contribution in [-0.2, 0) is 14.3 Å². The van der Waals surface area contributed by atoms with Crippen LogP contribution < -0.4 is 11.1 Å². The van der Waals surface area contributed by atoms with Gasteiger partial charge in [0, 0.05) is 20.7 Å². The van der Waals surface area contributed by atoms with Crippen LogP contribution in [0.15, 0.2) is 0 Å². The molecule has 88 valence electrons. The first-order valence-corrected chi connectivity index (χ1v) is 4.79. The summed E-state index contributed by atoms with van der Waals surface area (Å²) in [5, 5.41) is 2.45. The topological polar surface area (TPSA) is 84.7 Å². The highest BCUT2D eigenvalue weighted by atomic mass is 16.5. The Morgan fingerprint density at radius 1 is 1.53 bits per heavy atom. The lowest BCUT2D eigenvalue weighted by molar-refractivity contribution is -0.132. The predicted molar refractivity (Wildman–Crippen MR) is 56.2 cm³/mol. The SMILES string of the molecule is CCN(C)C(=O)CNC(=O)C(N)COC. The Bertz CT molecular complexity index is 221. The molecule has 0 rings (SSSR count). The summed E-state index contributed by atoms with van der Waals surface area (Å²) in [5.74, 6) is -0.523. The van der Waals surface area contributed by atoms with Crippen LogP contribution in [0.2, 0.25) is 0 Å². The Labute approximate surface area is 89.7 Å². The van der Waals surface area contributed by atoms with Crippen LogP contribution in [0, 0.1) is 0 Å². The molecule has 0 aromatic rings. The molecule has 0 bridgehead atoms. The normalized spacial score (nSPS) is 12.0. The maximum absolute atomic E-state index is 11.3. The van der Waals surface area contributed by atoms with E-state index in [0.717, 1.165) is 0 Å². The first-order valence-electron chi connectivity index (χ1n) is 4.79. The minimum atomic E-state index is -0.727. The van der Waals surface area contributed by atoms with Crippen molar-refractivity contribution in [2.75, 3.05) is 33.9 Å². The fourth-order valence-electron chi connectivity index (χ4n) is 0.860. The van der Waals surface area contributed by atoms with E-state index in [2.05, 4.69) is 5.32 Å². The first-order chi connectivity index (χ1) is 7.02. The number of nitrogens with zero attached hydrogens (tertiary/aromatic N) is 1. The molecule has 0 aliphatic heterocycles. The zero-order chi connectivity index (χ0) is 11.8. The molecule has 0 heterocycles. The van der Waals surface area contributed by atoms with Gasteiger partial charge in [-0.2, -0.15) is 0 Å². The number of hydrogen-bond donors (Lipinski definition) is 2. The van der Waals surface area contributed by atoms with E-state index in [1.165, 1.54) is 12.0 Å². The van der Waals surface area contributed by atoms with Gasteiger partial charge in [-0.25, -0.2) is 0 Å². The Balaban J connectivity index is 3.85. The molecule has 0 saturated carbocycles. The van der Waals surface area contributed by atoms with E-state index in [9.17, 15) is 9.59 Å². The summed E-state index contributed by atoms with van der Waals surface area (Å²) in [4.78, 5) is 24.1. The Morgan fingerprint density at radius 3 is 2.60 bits per heavy atom. The highest BCUT2D eigenvalue weighted by molar-refractivity contribution is 5.87. The lowest BCUT2D eigenvalue weighted by Gasteiger charge is -2.16. The Hall–Kier alpha value is -1.14. The van der Waals surface area contributed by atoms with E-state index < -0.39 is 6.04 Å². The molecule has 0 aromatic heterocycles. The van der Waals surface area contributed by atoms with Crippen molar-refractivity contribution in [3.63, 3.8) is 0 Å². The minimum absolute atomic E-state index is 0.0272. The Kier molecular flexibility index (Phi) is 6.64. The van der Waals surface area contributed by atoms with Crippen molar-refractivity contribution in [1.29, 1.82) is 0 Å². The summed E-state index contributed by atoms with van der Waals surface area (Å²) in [6.45, 7) is 2.58. The molecular weight excluding hydrogens is 198 g/mol. The number of carbonyl (C=O) groups is 2. The lowest BCUT2D eigenvalue weighted by atomic mass is 10.3. The second-order valence-electron chi connectivity index (χ2n) is 3.19. The van der Waals surface area contributed by atoms with Crippen LogP contribution in [0.4, 0.5) is 0 Å². The summed E-state index contributed by atoms with van der Waals surface area (Å²) >= 11 is 0. The van der Waals surface area contributed by atoms with E-state index in [1.54, 1.807) is 7.05 Å². The number of nitrogens with one attached hydrogen (secondary N) is 1. The quantitative estimate of drug-likeness (QED) is 0.570. The van der Waals surface area contributed by atoms with Gasteiger partial charge in [-0.1, -0.05) is 0 Å². The third kappa shape index (κ3) is 5.34. The predicted octanol–water partition coefficient (Wildman–Crippen LogP) is -1.45. The fourth-order valence-corrected chi connectivity index (χ4v) is 0.860. The molecule has 6 heteroatoms. The second kappa shape index (κ2) is 7.19. The van der Waals surface area contributed by atoms with Gasteiger partial charge in [0.15, 0.2) is 0 Å². The van der Waals surface area contributed by atoms with Crippen molar-refractivity contribution in [3.8, 4) is 0 Å². The molecule has 3 N–H and O–H groups in total. The third-order valence-electron chi connectivity index (χ3n) is 2.00. The molecule has 15 heavy (non-hydrogen) atoms. The van der Waals surface area contributed by atoms with Crippen molar-refractivity contribution in [2.45, 2.75) is 13.0 Å². The largest absolute Gasteiger partial charge is 0.383 e. The van der Waals surface area contributed by atoms with Crippen LogP contribution >= 0.6 is 0 Å². The van der Waals surface area contributed by atoms with E-state index >= 15 is 0 Å². The molecule has 6 nitrogen and oxygen atoms in total. The van der Waals surface area contributed by atoms with Gasteiger partial charge in [0.2, 0.25) is 11.8 Å². The van der Waals surface area contributed by atoms with Gasteiger partial charge >= 0.3 is 0 Å². The molecule has 0 spiro atoms. The van der Waals surface area contributed by atoms with Crippen molar-refractivity contribution >= 4 is 11.8 Å². The summed E-state index contributed by atoms with van der Waals surface area (Å²) in [6, 6.07) is -0.727. The second-order valence-corrected chi connectivity index (χ2v) is 3.19. The molecular formula is C9H19N3O3. The Morgan fingerprint density at radius 2 is 2.13 bits per heavy atom. The highest BCUT2D eigenvalue weighted by Gasteiger charge is 2.14. The highest BCUT2D eigenvalue weighted by Crippen LogP contribution is 1.84. The molecule has 0 aliphatic carbocycles. The number of nitrogens with two attached hydrogens (primary N) is 1. The van der Waals surface area contributed by atoms with Gasteiger partial charge in [0.1, 0.15) is 6.04 Å². The molecule has 0 aliphatic rings. The molecule has 0 aromatic carbocycles. The zero-order valence-electron chi connectivity index (χ0n) is 9.45. The standard InChI is InChI=1S/C9H19N3O3/c1-4-12(2)8(13)5-11-9(14)7(10)6-15-3/h7H,4-6,10H2,1-3H3,(H,11,14). The van der Waals surface area contributed by atoms with Crippen LogP contribution in [0.3, 0.4) is 0 Å². The van der Waals surface area contributed by atoms with Crippen LogP contribution in [0.25, 0.3) is 0 Å². The maximum atomic E-state index is 11.3. The van der Waals surface area contributed by atoms with Crippen molar-refractivity contribution in [2.24, 2.45) is 5.73 Å². The maximum Gasteiger partial charge on any atom is 0.241 e. The zero-order valence-corrected chi connectivity index (χ0v) is 9.45. The van der Waals surface area contributed by atoms with Gasteiger partial charge in [0.05, 0.1) is 13.2 Å². The van der Waals surface area contributed by atoms with Crippen LogP contribution in [0.5, 0.6) is 0 Å². The molecule has 0 fully saturated rings. The van der Waals surface area contributed by atoms with E-state index in [4.69, 9.17) is 10.5 Å². The third-order valence-corrected chi connectivity index (χ3v) is 2.00. The van der Waals surface area contributed by atoms with Crippen molar-refractivity contribution in [1.82, 2.24) is 10.2 Å². The molecule has 0 radical (unpaired) electrons. The van der Waals surface area contributed by atoms with Gasteiger partial charge < -0.3 is 20.7 Å². The summed E-state index contributed by atoms with van der Waals surface area (Å²) in [7, 11) is 3.13. The summed E-state index contributed by atoms with van der Waals surface area (Å²) < 4.78 is 4.72.